The Labute approximate surface area is 147 Å². The number of nitrogen functional groups attached to an aromatic ring is 1. The molecule has 0 bridgehead atoms. The predicted octanol–water partition coefficient (Wildman–Crippen LogP) is 3.58. The molecule has 0 radical (unpaired) electrons. The third-order valence-corrected chi connectivity index (χ3v) is 4.28. The second-order valence-corrected chi connectivity index (χ2v) is 5.97. The number of hydrogen-bond acceptors (Lipinski definition) is 6. The number of nitrogens with zero attached hydrogens (tertiary/aromatic N) is 2. The van der Waals surface area contributed by atoms with Gasteiger partial charge < -0.3 is 20.5 Å². The minimum Gasteiger partial charge on any atom is -0.493 e. The highest BCUT2D eigenvalue weighted by molar-refractivity contribution is 14.1. The summed E-state index contributed by atoms with van der Waals surface area (Å²) >= 11 is 2.23. The summed E-state index contributed by atoms with van der Waals surface area (Å²) in [5.74, 6) is 1.95. The van der Waals surface area contributed by atoms with Crippen molar-refractivity contribution in [1.82, 2.24) is 9.97 Å². The van der Waals surface area contributed by atoms with Crippen LogP contribution in [0.5, 0.6) is 11.5 Å². The van der Waals surface area contributed by atoms with Crippen LogP contribution in [-0.4, -0.2) is 24.2 Å². The predicted molar refractivity (Wildman–Crippen MR) is 99.5 cm³/mol. The molecule has 0 saturated heterocycles. The Morgan fingerprint density at radius 1 is 1.04 bits per heavy atom. The zero-order chi connectivity index (χ0) is 16.4. The van der Waals surface area contributed by atoms with Crippen LogP contribution in [0.1, 0.15) is 0 Å². The van der Waals surface area contributed by atoms with Crippen LogP contribution in [0.15, 0.2) is 36.7 Å². The summed E-state index contributed by atoms with van der Waals surface area (Å²) in [6.45, 7) is 0. The van der Waals surface area contributed by atoms with Crippen LogP contribution in [0.25, 0.3) is 10.9 Å². The van der Waals surface area contributed by atoms with Gasteiger partial charge in [0.15, 0.2) is 11.5 Å². The molecule has 1 heterocycles. The first kappa shape index (κ1) is 15.6. The smallest absolute Gasteiger partial charge is 0.162 e. The van der Waals surface area contributed by atoms with E-state index in [0.717, 1.165) is 25.8 Å². The number of rotatable bonds is 4. The van der Waals surface area contributed by atoms with Crippen LogP contribution in [0.3, 0.4) is 0 Å². The Kier molecular flexibility index (Phi) is 4.37. The van der Waals surface area contributed by atoms with Crippen LogP contribution in [0.2, 0.25) is 0 Å². The Hall–Kier alpha value is -2.29. The van der Waals surface area contributed by atoms with Gasteiger partial charge in [-0.3, -0.25) is 0 Å². The van der Waals surface area contributed by atoms with E-state index in [0.29, 0.717) is 17.3 Å². The molecule has 6 nitrogen and oxygen atoms in total. The third-order valence-electron chi connectivity index (χ3n) is 3.39. The number of aromatic nitrogens is 2. The summed E-state index contributed by atoms with van der Waals surface area (Å²) in [6.07, 6.45) is 1.51. The van der Waals surface area contributed by atoms with Gasteiger partial charge >= 0.3 is 0 Å². The summed E-state index contributed by atoms with van der Waals surface area (Å²) in [4.78, 5) is 8.64. The molecule has 0 amide bonds. The van der Waals surface area contributed by atoms with E-state index >= 15 is 0 Å². The van der Waals surface area contributed by atoms with Crippen molar-refractivity contribution in [1.29, 1.82) is 0 Å². The van der Waals surface area contributed by atoms with E-state index in [-0.39, 0.29) is 0 Å². The topological polar surface area (TPSA) is 82.3 Å². The zero-order valence-electron chi connectivity index (χ0n) is 12.6. The van der Waals surface area contributed by atoms with E-state index in [4.69, 9.17) is 15.2 Å². The molecule has 7 heteroatoms. The second-order valence-electron chi connectivity index (χ2n) is 4.81. The van der Waals surface area contributed by atoms with Crippen molar-refractivity contribution in [2.45, 2.75) is 0 Å². The van der Waals surface area contributed by atoms with E-state index in [1.165, 1.54) is 6.33 Å². The van der Waals surface area contributed by atoms with Gasteiger partial charge in [-0.1, -0.05) is 0 Å². The highest BCUT2D eigenvalue weighted by atomic mass is 127. The molecule has 0 aliphatic heterocycles. The first-order chi connectivity index (χ1) is 11.1. The van der Waals surface area contributed by atoms with Gasteiger partial charge in [0, 0.05) is 20.7 Å². The van der Waals surface area contributed by atoms with E-state index in [2.05, 4.69) is 37.9 Å². The maximum atomic E-state index is 5.79. The lowest BCUT2D eigenvalue weighted by molar-refractivity contribution is 0.356. The molecule has 0 unspecified atom stereocenters. The van der Waals surface area contributed by atoms with E-state index in [1.54, 1.807) is 14.2 Å². The molecular weight excluding hydrogens is 407 g/mol. The van der Waals surface area contributed by atoms with Crippen molar-refractivity contribution < 1.29 is 9.47 Å². The molecule has 23 heavy (non-hydrogen) atoms. The van der Waals surface area contributed by atoms with Crippen molar-refractivity contribution in [2.24, 2.45) is 0 Å². The monoisotopic (exact) mass is 422 g/mol. The fourth-order valence-corrected chi connectivity index (χ4v) is 2.92. The zero-order valence-corrected chi connectivity index (χ0v) is 14.8. The SMILES string of the molecule is COc1cc2ncnc(Nc3ccc(N)cc3I)c2cc1OC. The number of hydrogen-bond donors (Lipinski definition) is 2. The summed E-state index contributed by atoms with van der Waals surface area (Å²) in [7, 11) is 3.20. The highest BCUT2D eigenvalue weighted by Gasteiger charge is 2.12. The summed E-state index contributed by atoms with van der Waals surface area (Å²) in [5, 5.41) is 4.17. The van der Waals surface area contributed by atoms with Crippen molar-refractivity contribution in [3.63, 3.8) is 0 Å². The van der Waals surface area contributed by atoms with Gasteiger partial charge in [0.2, 0.25) is 0 Å². The van der Waals surface area contributed by atoms with Crippen LogP contribution in [-0.2, 0) is 0 Å². The summed E-state index contributed by atoms with van der Waals surface area (Å²) in [5.41, 5.74) is 8.21. The number of anilines is 3. The van der Waals surface area contributed by atoms with Crippen LogP contribution in [0, 0.1) is 3.57 Å². The molecule has 0 aliphatic carbocycles. The van der Waals surface area contributed by atoms with Gasteiger partial charge in [-0.2, -0.15) is 0 Å². The van der Waals surface area contributed by atoms with Gasteiger partial charge in [0.1, 0.15) is 12.1 Å². The first-order valence-electron chi connectivity index (χ1n) is 6.81. The summed E-state index contributed by atoms with van der Waals surface area (Å²) in [6, 6.07) is 9.36. The number of methoxy groups -OCH3 is 2. The molecular formula is C16H15IN4O2. The number of nitrogens with one attached hydrogen (secondary N) is 1. The Morgan fingerprint density at radius 3 is 2.48 bits per heavy atom. The number of ether oxygens (including phenoxy) is 2. The molecule has 0 fully saturated rings. The second kappa shape index (κ2) is 6.45. The van der Waals surface area contributed by atoms with E-state index in [9.17, 15) is 0 Å². The van der Waals surface area contributed by atoms with E-state index in [1.807, 2.05) is 30.3 Å². The van der Waals surface area contributed by atoms with Gasteiger partial charge in [0.05, 0.1) is 25.4 Å². The molecule has 0 aliphatic rings. The molecule has 1 aromatic heterocycles. The number of fused-ring (bicyclic) bond motifs is 1. The van der Waals surface area contributed by atoms with Crippen molar-refractivity contribution in [3.05, 3.63) is 40.2 Å². The lowest BCUT2D eigenvalue weighted by atomic mass is 10.2. The number of nitrogens with two attached hydrogens (primary N) is 1. The highest BCUT2D eigenvalue weighted by Crippen LogP contribution is 2.35. The Morgan fingerprint density at radius 2 is 1.78 bits per heavy atom. The average molecular weight is 422 g/mol. The van der Waals surface area contributed by atoms with Gasteiger partial charge in [0.25, 0.3) is 0 Å². The Bertz CT molecular complexity index is 870. The van der Waals surface area contributed by atoms with Crippen LogP contribution >= 0.6 is 22.6 Å². The maximum absolute atomic E-state index is 5.79. The van der Waals surface area contributed by atoms with Gasteiger partial charge in [-0.15, -0.1) is 0 Å². The fourth-order valence-electron chi connectivity index (χ4n) is 2.24. The minimum absolute atomic E-state index is 0.629. The molecule has 3 aromatic rings. The van der Waals surface area contributed by atoms with E-state index < -0.39 is 0 Å². The molecule has 2 aromatic carbocycles. The third kappa shape index (κ3) is 3.09. The summed E-state index contributed by atoms with van der Waals surface area (Å²) < 4.78 is 11.7. The quantitative estimate of drug-likeness (QED) is 0.494. The lowest BCUT2D eigenvalue weighted by Crippen LogP contribution is -1.99. The molecule has 3 N–H and O–H groups in total. The number of benzene rings is 2. The van der Waals surface area contributed by atoms with Crippen molar-refractivity contribution >= 4 is 50.7 Å². The molecule has 0 atom stereocenters. The number of halogens is 1. The Balaban J connectivity index is 2.10. The maximum Gasteiger partial charge on any atom is 0.162 e. The largest absolute Gasteiger partial charge is 0.493 e. The lowest BCUT2D eigenvalue weighted by Gasteiger charge is -2.13. The standard InChI is InChI=1S/C16H15IN4O2/c1-22-14-6-10-13(7-15(14)23-2)19-8-20-16(10)21-12-4-3-9(18)5-11(12)17/h3-8H,18H2,1-2H3,(H,19,20,21). The normalized spacial score (nSPS) is 10.6. The first-order valence-corrected chi connectivity index (χ1v) is 7.89. The minimum atomic E-state index is 0.629. The molecule has 0 spiro atoms. The average Bonchev–Trinajstić information content (AvgIpc) is 2.56. The van der Waals surface area contributed by atoms with Gasteiger partial charge in [-0.05, 0) is 46.9 Å². The fraction of sp³-hybridized carbons (Fsp3) is 0.125. The molecule has 0 saturated carbocycles. The van der Waals surface area contributed by atoms with Crippen molar-refractivity contribution in [2.75, 3.05) is 25.3 Å². The van der Waals surface area contributed by atoms with Crippen LogP contribution < -0.4 is 20.5 Å². The molecule has 3 rings (SSSR count). The van der Waals surface area contributed by atoms with Crippen molar-refractivity contribution in [3.8, 4) is 11.5 Å². The van der Waals surface area contributed by atoms with Gasteiger partial charge in [-0.25, -0.2) is 9.97 Å². The van der Waals surface area contributed by atoms with Crippen LogP contribution in [0.4, 0.5) is 17.2 Å². The molecule has 118 valence electrons.